The van der Waals surface area contributed by atoms with Crippen LogP contribution < -0.4 is 5.32 Å². The van der Waals surface area contributed by atoms with Crippen LogP contribution in [0.25, 0.3) is 0 Å². The molecule has 126 valence electrons. The first-order valence-electron chi connectivity index (χ1n) is 7.57. The molecule has 1 unspecified atom stereocenters. The second-order valence-corrected chi connectivity index (χ2v) is 8.30. The van der Waals surface area contributed by atoms with Gasteiger partial charge in [0.2, 0.25) is 0 Å². The van der Waals surface area contributed by atoms with Crippen molar-refractivity contribution in [2.75, 3.05) is 52.9 Å². The van der Waals surface area contributed by atoms with Gasteiger partial charge in [0, 0.05) is 58.9 Å². The monoisotopic (exact) mass is 340 g/mol. The molecule has 2 fully saturated rings. The molecule has 2 aliphatic heterocycles. The maximum Gasteiger partial charge on any atom is 0.281 e. The van der Waals surface area contributed by atoms with Crippen LogP contribution in [-0.4, -0.2) is 80.8 Å². The van der Waals surface area contributed by atoms with E-state index < -0.39 is 10.2 Å². The first-order valence-corrected chi connectivity index (χ1v) is 8.97. The summed E-state index contributed by atoms with van der Waals surface area (Å²) in [6, 6.07) is 0.388. The number of hydrogen-bond donors (Lipinski definition) is 1. The minimum atomic E-state index is -3.28. The summed E-state index contributed by atoms with van der Waals surface area (Å²) in [5.74, 6) is 0.348. The summed E-state index contributed by atoms with van der Waals surface area (Å²) >= 11 is 0. The van der Waals surface area contributed by atoms with E-state index in [2.05, 4.69) is 10.2 Å². The highest BCUT2D eigenvalue weighted by Crippen LogP contribution is 2.21. The van der Waals surface area contributed by atoms with Gasteiger partial charge in [0.15, 0.2) is 0 Å². The minimum absolute atomic E-state index is 0. The molecule has 0 aliphatic carbocycles. The number of hydrogen-bond acceptors (Lipinski definition) is 4. The van der Waals surface area contributed by atoms with E-state index in [-0.39, 0.29) is 12.4 Å². The van der Waals surface area contributed by atoms with E-state index in [1.165, 1.54) is 4.31 Å². The zero-order chi connectivity index (χ0) is 14.8. The molecule has 6 nitrogen and oxygen atoms in total. The van der Waals surface area contributed by atoms with Crippen LogP contribution in [0.4, 0.5) is 0 Å². The minimum Gasteiger partial charge on any atom is -0.314 e. The molecule has 1 atom stereocenters. The standard InChI is InChI=1S/C13H28N4O2S.ClH/c1-12(2)10-15(3)20(18,19)17-7-4-13(11-17)16-8-5-14-6-9-16;/h12-14H,4-11H2,1-3H3;1H. The van der Waals surface area contributed by atoms with E-state index in [9.17, 15) is 8.42 Å². The summed E-state index contributed by atoms with van der Waals surface area (Å²) < 4.78 is 28.2. The Labute approximate surface area is 135 Å². The van der Waals surface area contributed by atoms with Gasteiger partial charge >= 0.3 is 0 Å². The van der Waals surface area contributed by atoms with Crippen molar-refractivity contribution in [3.8, 4) is 0 Å². The predicted molar refractivity (Wildman–Crippen MR) is 88.1 cm³/mol. The SMILES string of the molecule is CC(C)CN(C)S(=O)(=O)N1CCC(N2CCNCC2)C1.Cl. The van der Waals surface area contributed by atoms with Gasteiger partial charge in [-0.2, -0.15) is 17.0 Å². The summed E-state index contributed by atoms with van der Waals surface area (Å²) in [4.78, 5) is 2.43. The molecular weight excluding hydrogens is 312 g/mol. The lowest BCUT2D eigenvalue weighted by atomic mass is 10.2. The van der Waals surface area contributed by atoms with Crippen LogP contribution in [0.1, 0.15) is 20.3 Å². The first-order chi connectivity index (χ1) is 9.41. The van der Waals surface area contributed by atoms with E-state index in [0.717, 1.165) is 32.6 Å². The zero-order valence-corrected chi connectivity index (χ0v) is 14.9. The van der Waals surface area contributed by atoms with Crippen LogP contribution in [0.5, 0.6) is 0 Å². The summed E-state index contributed by atoms with van der Waals surface area (Å²) in [6.45, 7) is 10.0. The molecule has 2 heterocycles. The number of nitrogens with zero attached hydrogens (tertiary/aromatic N) is 3. The number of nitrogens with one attached hydrogen (secondary N) is 1. The Morgan fingerprint density at radius 2 is 1.86 bits per heavy atom. The van der Waals surface area contributed by atoms with Gasteiger partial charge in [0.05, 0.1) is 0 Å². The highest BCUT2D eigenvalue weighted by atomic mass is 35.5. The van der Waals surface area contributed by atoms with E-state index in [0.29, 0.717) is 31.6 Å². The van der Waals surface area contributed by atoms with Gasteiger partial charge in [-0.15, -0.1) is 12.4 Å². The average Bonchev–Trinajstić information content (AvgIpc) is 2.89. The molecule has 1 N–H and O–H groups in total. The number of halogens is 1. The van der Waals surface area contributed by atoms with Crippen molar-refractivity contribution < 1.29 is 8.42 Å². The Kier molecular flexibility index (Phi) is 7.36. The zero-order valence-electron chi connectivity index (χ0n) is 13.3. The van der Waals surface area contributed by atoms with Gasteiger partial charge in [-0.05, 0) is 12.3 Å². The maximum atomic E-state index is 12.5. The van der Waals surface area contributed by atoms with E-state index >= 15 is 0 Å². The van der Waals surface area contributed by atoms with E-state index in [1.807, 2.05) is 13.8 Å². The molecule has 2 saturated heterocycles. The lowest BCUT2D eigenvalue weighted by Crippen LogP contribution is -2.50. The smallest absolute Gasteiger partial charge is 0.281 e. The molecule has 0 aromatic rings. The fourth-order valence-electron chi connectivity index (χ4n) is 3.07. The maximum absolute atomic E-state index is 12.5. The fraction of sp³-hybridized carbons (Fsp3) is 1.00. The van der Waals surface area contributed by atoms with Crippen LogP contribution in [0.15, 0.2) is 0 Å². The molecule has 0 saturated carbocycles. The third kappa shape index (κ3) is 4.77. The van der Waals surface area contributed by atoms with Gasteiger partial charge in [0.1, 0.15) is 0 Å². The molecule has 0 radical (unpaired) electrons. The van der Waals surface area contributed by atoms with Crippen molar-refractivity contribution in [1.82, 2.24) is 18.8 Å². The molecule has 21 heavy (non-hydrogen) atoms. The van der Waals surface area contributed by atoms with Crippen molar-refractivity contribution >= 4 is 22.6 Å². The van der Waals surface area contributed by atoms with Crippen LogP contribution in [0, 0.1) is 5.92 Å². The quantitative estimate of drug-likeness (QED) is 0.778. The van der Waals surface area contributed by atoms with Crippen molar-refractivity contribution in [3.63, 3.8) is 0 Å². The third-order valence-corrected chi connectivity index (χ3v) is 6.06. The van der Waals surface area contributed by atoms with Gasteiger partial charge in [-0.25, -0.2) is 0 Å². The molecule has 8 heteroatoms. The topological polar surface area (TPSA) is 55.9 Å². The number of piperazine rings is 1. The Balaban J connectivity index is 0.00000220. The predicted octanol–water partition coefficient (Wildman–Crippen LogP) is 0.220. The Morgan fingerprint density at radius 3 is 2.43 bits per heavy atom. The second kappa shape index (κ2) is 8.08. The highest BCUT2D eigenvalue weighted by Gasteiger charge is 2.36. The Morgan fingerprint density at radius 1 is 1.24 bits per heavy atom. The van der Waals surface area contributed by atoms with E-state index in [1.54, 1.807) is 11.4 Å². The largest absolute Gasteiger partial charge is 0.314 e. The fourth-order valence-corrected chi connectivity index (χ4v) is 4.65. The number of rotatable bonds is 5. The molecule has 0 amide bonds. The Hall–Kier alpha value is 0.0800. The van der Waals surface area contributed by atoms with Crippen LogP contribution in [-0.2, 0) is 10.2 Å². The van der Waals surface area contributed by atoms with Gasteiger partial charge in [0.25, 0.3) is 10.2 Å². The van der Waals surface area contributed by atoms with Crippen LogP contribution in [0.3, 0.4) is 0 Å². The summed E-state index contributed by atoms with van der Waals surface area (Å²) in [5, 5.41) is 3.34. The molecule has 0 spiro atoms. The molecule has 0 aromatic heterocycles. The van der Waals surface area contributed by atoms with E-state index in [4.69, 9.17) is 0 Å². The van der Waals surface area contributed by atoms with Crippen LogP contribution >= 0.6 is 12.4 Å². The normalized spacial score (nSPS) is 25.5. The third-order valence-electron chi connectivity index (χ3n) is 4.14. The first kappa shape index (κ1) is 19.1. The highest BCUT2D eigenvalue weighted by molar-refractivity contribution is 7.86. The average molecular weight is 341 g/mol. The van der Waals surface area contributed by atoms with Crippen molar-refractivity contribution in [1.29, 1.82) is 0 Å². The molecule has 0 aromatic carbocycles. The van der Waals surface area contributed by atoms with Crippen LogP contribution in [0.2, 0.25) is 0 Å². The molecule has 2 aliphatic rings. The van der Waals surface area contributed by atoms with Crippen molar-refractivity contribution in [2.45, 2.75) is 26.3 Å². The summed E-state index contributed by atoms with van der Waals surface area (Å²) in [6.07, 6.45) is 0.953. The lowest BCUT2D eigenvalue weighted by Gasteiger charge is -2.33. The summed E-state index contributed by atoms with van der Waals surface area (Å²) in [7, 11) is -1.59. The van der Waals surface area contributed by atoms with Crippen molar-refractivity contribution in [3.05, 3.63) is 0 Å². The second-order valence-electron chi connectivity index (χ2n) is 6.27. The van der Waals surface area contributed by atoms with Gasteiger partial charge < -0.3 is 5.32 Å². The summed E-state index contributed by atoms with van der Waals surface area (Å²) in [5.41, 5.74) is 0. The van der Waals surface area contributed by atoms with Crippen molar-refractivity contribution in [2.24, 2.45) is 5.92 Å². The van der Waals surface area contributed by atoms with Gasteiger partial charge in [-0.3, -0.25) is 4.90 Å². The molecular formula is C13H29ClN4O2S. The molecule has 0 bridgehead atoms. The lowest BCUT2D eigenvalue weighted by molar-refractivity contribution is 0.179. The Bertz CT molecular complexity index is 412. The molecule has 2 rings (SSSR count). The van der Waals surface area contributed by atoms with Gasteiger partial charge in [-0.1, -0.05) is 13.8 Å².